The van der Waals surface area contributed by atoms with Gasteiger partial charge in [-0.25, -0.2) is 8.42 Å². The fraction of sp³-hybridized carbons (Fsp3) is 0.600. The highest BCUT2D eigenvalue weighted by Gasteiger charge is 2.26. The number of aryl methyl sites for hydroxylation is 1. The normalized spacial score (nSPS) is 12.3. The predicted octanol–water partition coefficient (Wildman–Crippen LogP) is 2.41. The first-order valence-corrected chi connectivity index (χ1v) is 8.53. The highest BCUT2D eigenvalue weighted by atomic mass is 32.2. The van der Waals surface area contributed by atoms with E-state index in [0.29, 0.717) is 30.0 Å². The van der Waals surface area contributed by atoms with Gasteiger partial charge in [-0.1, -0.05) is 39.8 Å². The van der Waals surface area contributed by atoms with Gasteiger partial charge in [0.1, 0.15) is 0 Å². The number of rotatable bonds is 7. The average Bonchev–Trinajstić information content (AvgIpc) is 2.43. The lowest BCUT2D eigenvalue weighted by Gasteiger charge is -2.24. The lowest BCUT2D eigenvalue weighted by atomic mass is 10.1. The van der Waals surface area contributed by atoms with E-state index in [2.05, 4.69) is 0 Å². The second kappa shape index (κ2) is 7.20. The lowest BCUT2D eigenvalue weighted by Crippen LogP contribution is -2.34. The number of aliphatic hydroxyl groups excluding tert-OH is 1. The van der Waals surface area contributed by atoms with Crippen LogP contribution >= 0.6 is 0 Å². The molecule has 1 aromatic carbocycles. The average molecular weight is 299 g/mol. The molecule has 0 saturated carbocycles. The molecule has 0 bridgehead atoms. The first-order valence-electron chi connectivity index (χ1n) is 7.09. The van der Waals surface area contributed by atoms with Crippen LogP contribution in [-0.4, -0.2) is 30.9 Å². The van der Waals surface area contributed by atoms with E-state index >= 15 is 0 Å². The summed E-state index contributed by atoms with van der Waals surface area (Å²) in [6, 6.07) is 5.16. The number of nitrogens with zero attached hydrogens (tertiary/aromatic N) is 1. The van der Waals surface area contributed by atoms with E-state index in [1.807, 2.05) is 27.7 Å². The SMILES string of the molecule is CCc1ccc(CO)cc1S(=O)(=O)N(CC)CC(C)C. The van der Waals surface area contributed by atoms with Crippen LogP contribution in [-0.2, 0) is 23.1 Å². The zero-order valence-electron chi connectivity index (χ0n) is 12.8. The van der Waals surface area contributed by atoms with Crippen molar-refractivity contribution in [1.29, 1.82) is 0 Å². The Balaban J connectivity index is 3.31. The summed E-state index contributed by atoms with van der Waals surface area (Å²) in [5.41, 5.74) is 1.42. The molecule has 1 aromatic rings. The van der Waals surface area contributed by atoms with Crippen LogP contribution in [0.5, 0.6) is 0 Å². The molecule has 4 nitrogen and oxygen atoms in total. The number of hydrogen-bond acceptors (Lipinski definition) is 3. The van der Waals surface area contributed by atoms with E-state index in [1.165, 1.54) is 4.31 Å². The molecule has 0 aromatic heterocycles. The van der Waals surface area contributed by atoms with Gasteiger partial charge in [0, 0.05) is 13.1 Å². The van der Waals surface area contributed by atoms with Gasteiger partial charge in [0.2, 0.25) is 10.0 Å². The molecule has 0 unspecified atom stereocenters. The minimum absolute atomic E-state index is 0.150. The second-order valence-corrected chi connectivity index (χ2v) is 7.21. The first kappa shape index (κ1) is 17.1. The van der Waals surface area contributed by atoms with E-state index in [-0.39, 0.29) is 12.5 Å². The Kier molecular flexibility index (Phi) is 6.17. The van der Waals surface area contributed by atoms with Gasteiger partial charge in [-0.15, -0.1) is 0 Å². The molecule has 5 heteroatoms. The highest BCUT2D eigenvalue weighted by Crippen LogP contribution is 2.23. The largest absolute Gasteiger partial charge is 0.392 e. The van der Waals surface area contributed by atoms with Crippen molar-refractivity contribution in [1.82, 2.24) is 4.31 Å². The second-order valence-electron chi connectivity index (χ2n) is 5.30. The van der Waals surface area contributed by atoms with Crippen LogP contribution in [0.1, 0.15) is 38.8 Å². The van der Waals surface area contributed by atoms with Crippen molar-refractivity contribution in [3.05, 3.63) is 29.3 Å². The zero-order chi connectivity index (χ0) is 15.3. The third kappa shape index (κ3) is 3.81. The molecule has 0 aliphatic heterocycles. The van der Waals surface area contributed by atoms with Crippen LogP contribution in [0.25, 0.3) is 0 Å². The highest BCUT2D eigenvalue weighted by molar-refractivity contribution is 7.89. The smallest absolute Gasteiger partial charge is 0.243 e. The van der Waals surface area contributed by atoms with Crippen LogP contribution in [0.2, 0.25) is 0 Å². The Morgan fingerprint density at radius 3 is 2.35 bits per heavy atom. The molecule has 0 saturated heterocycles. The lowest BCUT2D eigenvalue weighted by molar-refractivity contribution is 0.281. The van der Waals surface area contributed by atoms with Crippen LogP contribution in [0, 0.1) is 5.92 Å². The van der Waals surface area contributed by atoms with Crippen LogP contribution in [0.3, 0.4) is 0 Å². The molecule has 20 heavy (non-hydrogen) atoms. The van der Waals surface area contributed by atoms with Crippen LogP contribution < -0.4 is 0 Å². The third-order valence-corrected chi connectivity index (χ3v) is 5.26. The molecular formula is C15H25NO3S. The van der Waals surface area contributed by atoms with Gasteiger partial charge in [0.25, 0.3) is 0 Å². The van der Waals surface area contributed by atoms with Gasteiger partial charge >= 0.3 is 0 Å². The maximum absolute atomic E-state index is 12.8. The molecule has 0 fully saturated rings. The number of benzene rings is 1. The van der Waals surface area contributed by atoms with Crippen molar-refractivity contribution < 1.29 is 13.5 Å². The number of hydrogen-bond donors (Lipinski definition) is 1. The Morgan fingerprint density at radius 1 is 1.25 bits per heavy atom. The van der Waals surface area contributed by atoms with E-state index in [9.17, 15) is 13.5 Å². The maximum Gasteiger partial charge on any atom is 0.243 e. The van der Waals surface area contributed by atoms with Crippen LogP contribution in [0.15, 0.2) is 23.1 Å². The molecule has 0 radical (unpaired) electrons. The summed E-state index contributed by atoms with van der Waals surface area (Å²) in [6.45, 7) is 8.60. The van der Waals surface area contributed by atoms with Crippen molar-refractivity contribution in [2.45, 2.75) is 45.6 Å². The monoisotopic (exact) mass is 299 g/mol. The molecular weight excluding hydrogens is 274 g/mol. The standard InChI is InChI=1S/C15H25NO3S/c1-5-14-8-7-13(11-17)9-15(14)20(18,19)16(6-2)10-12(3)4/h7-9,12,17H,5-6,10-11H2,1-4H3. The van der Waals surface area contributed by atoms with Gasteiger partial charge in [0.05, 0.1) is 11.5 Å². The van der Waals surface area contributed by atoms with Gasteiger partial charge in [-0.3, -0.25) is 0 Å². The molecule has 0 spiro atoms. The van der Waals surface area contributed by atoms with Crippen LogP contribution in [0.4, 0.5) is 0 Å². The Hall–Kier alpha value is -0.910. The first-order chi connectivity index (χ1) is 9.36. The van der Waals surface area contributed by atoms with Gasteiger partial charge in [0.15, 0.2) is 0 Å². The molecule has 114 valence electrons. The Labute approximate surface area is 122 Å². The van der Waals surface area contributed by atoms with Crippen molar-refractivity contribution in [2.24, 2.45) is 5.92 Å². The fourth-order valence-electron chi connectivity index (χ4n) is 2.17. The summed E-state index contributed by atoms with van der Waals surface area (Å²) in [6.07, 6.45) is 0.652. The summed E-state index contributed by atoms with van der Waals surface area (Å²) >= 11 is 0. The third-order valence-electron chi connectivity index (χ3n) is 3.23. The molecule has 0 aliphatic rings. The van der Waals surface area contributed by atoms with Gasteiger partial charge in [-0.2, -0.15) is 4.31 Å². The minimum Gasteiger partial charge on any atom is -0.392 e. The van der Waals surface area contributed by atoms with E-state index < -0.39 is 10.0 Å². The maximum atomic E-state index is 12.8. The summed E-state index contributed by atoms with van der Waals surface area (Å²) < 4.78 is 27.1. The summed E-state index contributed by atoms with van der Waals surface area (Å²) in [4.78, 5) is 0.328. The van der Waals surface area contributed by atoms with E-state index in [4.69, 9.17) is 0 Å². The summed E-state index contributed by atoms with van der Waals surface area (Å²) in [7, 11) is -3.50. The minimum atomic E-state index is -3.50. The number of aliphatic hydroxyl groups is 1. The molecule has 0 atom stereocenters. The fourth-order valence-corrected chi connectivity index (χ4v) is 4.13. The van der Waals surface area contributed by atoms with Gasteiger partial charge in [-0.05, 0) is 29.5 Å². The zero-order valence-corrected chi connectivity index (χ0v) is 13.6. The summed E-state index contributed by atoms with van der Waals surface area (Å²) in [5.74, 6) is 0.274. The summed E-state index contributed by atoms with van der Waals surface area (Å²) in [5, 5.41) is 9.22. The van der Waals surface area contributed by atoms with Crippen molar-refractivity contribution in [2.75, 3.05) is 13.1 Å². The van der Waals surface area contributed by atoms with Crippen molar-refractivity contribution in [3.8, 4) is 0 Å². The molecule has 1 N–H and O–H groups in total. The Morgan fingerprint density at radius 2 is 1.90 bits per heavy atom. The van der Waals surface area contributed by atoms with Crippen molar-refractivity contribution >= 4 is 10.0 Å². The van der Waals surface area contributed by atoms with Crippen molar-refractivity contribution in [3.63, 3.8) is 0 Å². The molecule has 1 rings (SSSR count). The molecule has 0 aliphatic carbocycles. The van der Waals surface area contributed by atoms with E-state index in [1.54, 1.807) is 18.2 Å². The van der Waals surface area contributed by atoms with E-state index in [0.717, 1.165) is 5.56 Å². The molecule has 0 amide bonds. The predicted molar refractivity (Wildman–Crippen MR) is 81.0 cm³/mol. The Bertz CT molecular complexity index is 538. The quantitative estimate of drug-likeness (QED) is 0.841. The number of sulfonamides is 1. The molecule has 0 heterocycles. The topological polar surface area (TPSA) is 57.6 Å². The van der Waals surface area contributed by atoms with Gasteiger partial charge < -0.3 is 5.11 Å².